The van der Waals surface area contributed by atoms with E-state index in [4.69, 9.17) is 23.7 Å². The molecule has 4 saturated heterocycles. The number of carbonyl (C=O) groups excluding carboxylic acids is 1. The number of hydrogen-bond donors (Lipinski definition) is 0. The molecule has 4 heterocycles. The maximum Gasteiger partial charge on any atom is 0.302 e. The lowest BCUT2D eigenvalue weighted by molar-refractivity contribution is -0.148. The third kappa shape index (κ3) is 14.8. The molecule has 11 nitrogen and oxygen atoms in total. The van der Waals surface area contributed by atoms with Gasteiger partial charge in [-0.3, -0.25) is 14.6 Å². The lowest BCUT2D eigenvalue weighted by Crippen LogP contribution is -2.53. The van der Waals surface area contributed by atoms with Gasteiger partial charge in [0, 0.05) is 85.0 Å². The highest BCUT2D eigenvalue weighted by atomic mass is 16.5. The molecule has 0 amide bonds. The van der Waals surface area contributed by atoms with E-state index in [9.17, 15) is 4.79 Å². The fourth-order valence-electron chi connectivity index (χ4n) is 7.23. The number of carbonyl (C=O) groups is 1. The van der Waals surface area contributed by atoms with Crippen molar-refractivity contribution in [3.05, 3.63) is 0 Å². The lowest BCUT2D eigenvalue weighted by atomic mass is 9.95. The summed E-state index contributed by atoms with van der Waals surface area (Å²) in [5.74, 6) is 0.710. The first kappa shape index (κ1) is 36.9. The number of ether oxygens (including phenoxy) is 5. The average molecular weight is 640 g/mol. The Labute approximate surface area is 273 Å². The maximum atomic E-state index is 11.1. The molecule has 262 valence electrons. The van der Waals surface area contributed by atoms with Gasteiger partial charge in [0.2, 0.25) is 0 Å². The molecule has 4 aliphatic heterocycles. The van der Waals surface area contributed by atoms with E-state index >= 15 is 0 Å². The number of esters is 1. The molecule has 4 rings (SSSR count). The molecule has 0 unspecified atom stereocenters. The Morgan fingerprint density at radius 3 is 1.84 bits per heavy atom. The summed E-state index contributed by atoms with van der Waals surface area (Å²) in [6.45, 7) is 23.0. The predicted octanol–water partition coefficient (Wildman–Crippen LogP) is 1.89. The Morgan fingerprint density at radius 1 is 0.622 bits per heavy atom. The molecule has 0 spiro atoms. The summed E-state index contributed by atoms with van der Waals surface area (Å²) >= 11 is 0. The molecule has 0 N–H and O–H groups in total. The van der Waals surface area contributed by atoms with Gasteiger partial charge in [-0.2, -0.15) is 0 Å². The minimum absolute atomic E-state index is 0.0837. The van der Waals surface area contributed by atoms with Crippen LogP contribution in [0.2, 0.25) is 0 Å². The van der Waals surface area contributed by atoms with Crippen LogP contribution in [-0.4, -0.2) is 187 Å². The first-order valence-corrected chi connectivity index (χ1v) is 18.1. The maximum absolute atomic E-state index is 11.1. The molecule has 0 radical (unpaired) electrons. The Morgan fingerprint density at radius 2 is 1.20 bits per heavy atom. The van der Waals surface area contributed by atoms with Crippen LogP contribution in [0.4, 0.5) is 0 Å². The average Bonchev–Trinajstić information content (AvgIpc) is 3.03. The minimum atomic E-state index is -0.176. The van der Waals surface area contributed by atoms with Gasteiger partial charge in [0.1, 0.15) is 6.10 Å². The van der Waals surface area contributed by atoms with Gasteiger partial charge in [-0.05, 0) is 71.5 Å². The van der Waals surface area contributed by atoms with Gasteiger partial charge in [0.15, 0.2) is 0 Å². The van der Waals surface area contributed by atoms with Crippen molar-refractivity contribution in [2.45, 2.75) is 70.6 Å². The van der Waals surface area contributed by atoms with Gasteiger partial charge in [0.25, 0.3) is 0 Å². The van der Waals surface area contributed by atoms with Crippen molar-refractivity contribution in [3.63, 3.8) is 0 Å². The molecule has 0 aromatic heterocycles. The van der Waals surface area contributed by atoms with Crippen LogP contribution >= 0.6 is 0 Å². The molecule has 1 atom stereocenters. The van der Waals surface area contributed by atoms with Crippen molar-refractivity contribution in [2.24, 2.45) is 5.92 Å². The van der Waals surface area contributed by atoms with Gasteiger partial charge in [-0.15, -0.1) is 0 Å². The van der Waals surface area contributed by atoms with E-state index in [-0.39, 0.29) is 12.1 Å². The van der Waals surface area contributed by atoms with Crippen molar-refractivity contribution < 1.29 is 28.5 Å². The fourth-order valence-corrected chi connectivity index (χ4v) is 7.23. The van der Waals surface area contributed by atoms with Gasteiger partial charge < -0.3 is 38.4 Å². The quantitative estimate of drug-likeness (QED) is 0.154. The topological polar surface area (TPSA) is 79.4 Å². The second-order valence-corrected chi connectivity index (χ2v) is 13.8. The standard InChI is InChI=1S/C34H65N5O6/c1-30-28-38(19-22-42-26-27-44-33-6-14-37(15-7-33)29-32-4-10-35(3)11-5-32)16-17-39(30)20-23-43-25-24-41-21-18-36-12-8-34(9-13-36)45-31(2)40/h30,32-34H,4-29H2,1-3H3/t30-/m1/s1. The summed E-state index contributed by atoms with van der Waals surface area (Å²) in [7, 11) is 2.24. The zero-order valence-electron chi connectivity index (χ0n) is 28.9. The molecule has 4 fully saturated rings. The van der Waals surface area contributed by atoms with E-state index < -0.39 is 0 Å². The van der Waals surface area contributed by atoms with Crippen LogP contribution in [0.15, 0.2) is 0 Å². The summed E-state index contributed by atoms with van der Waals surface area (Å²) in [6, 6.07) is 0.525. The monoisotopic (exact) mass is 639 g/mol. The first-order chi connectivity index (χ1) is 21.9. The molecule has 0 aliphatic carbocycles. The van der Waals surface area contributed by atoms with Crippen LogP contribution in [-0.2, 0) is 28.5 Å². The Balaban J connectivity index is 0.902. The SMILES string of the molecule is CC(=O)OC1CCN(CCOCCOCCN2CCN(CCOCCOC3CCN(CC4CCN(C)CC4)CC3)C[C@H]2C)CC1. The molecular formula is C34H65N5O6. The minimum Gasteiger partial charge on any atom is -0.462 e. The highest BCUT2D eigenvalue weighted by Crippen LogP contribution is 2.21. The van der Waals surface area contributed by atoms with Crippen LogP contribution in [0, 0.1) is 5.92 Å². The number of piperidine rings is 3. The fraction of sp³-hybridized carbons (Fsp3) is 0.971. The van der Waals surface area contributed by atoms with Gasteiger partial charge in [-0.1, -0.05) is 0 Å². The zero-order valence-corrected chi connectivity index (χ0v) is 28.9. The van der Waals surface area contributed by atoms with Crippen molar-refractivity contribution >= 4 is 5.97 Å². The molecule has 0 aromatic rings. The molecular weight excluding hydrogens is 574 g/mol. The van der Waals surface area contributed by atoms with Crippen molar-refractivity contribution in [2.75, 3.05) is 138 Å². The molecule has 4 aliphatic rings. The highest BCUT2D eigenvalue weighted by molar-refractivity contribution is 5.66. The number of hydrogen-bond acceptors (Lipinski definition) is 11. The third-order valence-corrected chi connectivity index (χ3v) is 10.2. The summed E-state index contributed by atoms with van der Waals surface area (Å²) in [6.07, 6.45) is 7.35. The zero-order chi connectivity index (χ0) is 31.7. The molecule has 11 heteroatoms. The summed E-state index contributed by atoms with van der Waals surface area (Å²) in [5, 5.41) is 0. The number of likely N-dealkylation sites (tertiary alicyclic amines) is 3. The van der Waals surface area contributed by atoms with Crippen molar-refractivity contribution in [1.82, 2.24) is 24.5 Å². The summed E-state index contributed by atoms with van der Waals surface area (Å²) in [5.41, 5.74) is 0. The van der Waals surface area contributed by atoms with Crippen molar-refractivity contribution in [1.29, 1.82) is 0 Å². The third-order valence-electron chi connectivity index (χ3n) is 10.2. The van der Waals surface area contributed by atoms with E-state index in [0.29, 0.717) is 38.6 Å². The molecule has 0 aromatic carbocycles. The van der Waals surface area contributed by atoms with Crippen LogP contribution < -0.4 is 0 Å². The first-order valence-electron chi connectivity index (χ1n) is 18.1. The van der Waals surface area contributed by atoms with Crippen molar-refractivity contribution in [3.8, 4) is 0 Å². The van der Waals surface area contributed by atoms with Gasteiger partial charge in [-0.25, -0.2) is 0 Å². The summed E-state index contributed by atoms with van der Waals surface area (Å²) in [4.78, 5) is 23.7. The van der Waals surface area contributed by atoms with Crippen LogP contribution in [0.25, 0.3) is 0 Å². The predicted molar refractivity (Wildman–Crippen MR) is 177 cm³/mol. The number of rotatable bonds is 19. The number of piperazine rings is 1. The normalized spacial score (nSPS) is 24.8. The second kappa shape index (κ2) is 21.2. The molecule has 0 bridgehead atoms. The van der Waals surface area contributed by atoms with Crippen LogP contribution in [0.3, 0.4) is 0 Å². The van der Waals surface area contributed by atoms with E-state index in [1.54, 1.807) is 0 Å². The van der Waals surface area contributed by atoms with Crippen LogP contribution in [0.1, 0.15) is 52.4 Å². The Kier molecular flexibility index (Phi) is 17.4. The van der Waals surface area contributed by atoms with Gasteiger partial charge >= 0.3 is 5.97 Å². The highest BCUT2D eigenvalue weighted by Gasteiger charge is 2.25. The van der Waals surface area contributed by atoms with Gasteiger partial charge in [0.05, 0.1) is 52.4 Å². The van der Waals surface area contributed by atoms with Crippen LogP contribution in [0.5, 0.6) is 0 Å². The Bertz CT molecular complexity index is 787. The molecule has 45 heavy (non-hydrogen) atoms. The van der Waals surface area contributed by atoms with E-state index in [0.717, 1.165) is 104 Å². The Hall–Kier alpha value is -0.890. The largest absolute Gasteiger partial charge is 0.462 e. The lowest BCUT2D eigenvalue weighted by Gasteiger charge is -2.39. The van der Waals surface area contributed by atoms with E-state index in [1.165, 1.54) is 52.5 Å². The summed E-state index contributed by atoms with van der Waals surface area (Å²) < 4.78 is 29.1. The van der Waals surface area contributed by atoms with E-state index in [2.05, 4.69) is 38.5 Å². The molecule has 0 saturated carbocycles. The smallest absolute Gasteiger partial charge is 0.302 e. The number of nitrogens with zero attached hydrogens (tertiary/aromatic N) is 5. The second-order valence-electron chi connectivity index (χ2n) is 13.8. The van der Waals surface area contributed by atoms with E-state index in [1.807, 2.05) is 0 Å².